The highest BCUT2D eigenvalue weighted by Crippen LogP contribution is 2.13. The van der Waals surface area contributed by atoms with Gasteiger partial charge in [0.1, 0.15) is 0 Å². The quantitative estimate of drug-likeness (QED) is 0.255. The van der Waals surface area contributed by atoms with Gasteiger partial charge in [-0.25, -0.2) is 0 Å². The van der Waals surface area contributed by atoms with Crippen LogP contribution in [-0.2, 0) is 9.59 Å². The third kappa shape index (κ3) is 16.0. The van der Waals surface area contributed by atoms with Crippen LogP contribution >= 0.6 is 0 Å². The van der Waals surface area contributed by atoms with E-state index in [2.05, 4.69) is 19.2 Å². The van der Waals surface area contributed by atoms with Crippen molar-refractivity contribution in [1.29, 1.82) is 0 Å². The molecule has 0 aromatic heterocycles. The maximum Gasteiger partial charge on any atom is 0.287 e. The lowest BCUT2D eigenvalue weighted by atomic mass is 10.0. The fourth-order valence-corrected chi connectivity index (χ4v) is 2.89. The van der Waals surface area contributed by atoms with Crippen molar-refractivity contribution in [2.24, 2.45) is 0 Å². The van der Waals surface area contributed by atoms with Crippen molar-refractivity contribution in [3.05, 3.63) is 6.92 Å². The molecule has 0 bridgehead atoms. The molecule has 1 N–H and O–H groups in total. The molecule has 3 nitrogen and oxygen atoms in total. The van der Waals surface area contributed by atoms with Crippen molar-refractivity contribution in [2.75, 3.05) is 6.54 Å². The Bertz CT molecular complexity index is 302. The van der Waals surface area contributed by atoms with Crippen LogP contribution in [-0.4, -0.2) is 18.2 Å². The van der Waals surface area contributed by atoms with Gasteiger partial charge in [0.25, 0.3) is 5.91 Å². The van der Waals surface area contributed by atoms with Gasteiger partial charge in [-0.15, -0.1) is 0 Å². The predicted molar refractivity (Wildman–Crippen MR) is 103 cm³/mol. The van der Waals surface area contributed by atoms with Crippen LogP contribution in [0.15, 0.2) is 0 Å². The highest BCUT2D eigenvalue weighted by Gasteiger charge is 2.11. The molecule has 0 unspecified atom stereocenters. The van der Waals surface area contributed by atoms with Crippen LogP contribution in [0.5, 0.6) is 0 Å². The summed E-state index contributed by atoms with van der Waals surface area (Å²) < 4.78 is 0. The number of amides is 1. The van der Waals surface area contributed by atoms with Gasteiger partial charge in [0.2, 0.25) is 5.78 Å². The van der Waals surface area contributed by atoms with E-state index < -0.39 is 5.91 Å². The van der Waals surface area contributed by atoms with Gasteiger partial charge in [-0.05, 0) is 12.8 Å². The number of Topliss-reactive ketones (excluding diaryl/α,β-unsaturated/α-hetero) is 1. The molecular formula is C21H40NO2. The maximum atomic E-state index is 11.5. The van der Waals surface area contributed by atoms with E-state index >= 15 is 0 Å². The van der Waals surface area contributed by atoms with Crippen molar-refractivity contribution < 1.29 is 9.59 Å². The van der Waals surface area contributed by atoms with Crippen LogP contribution in [0.3, 0.4) is 0 Å². The van der Waals surface area contributed by atoms with Crippen LogP contribution in [0.1, 0.15) is 110 Å². The molecule has 24 heavy (non-hydrogen) atoms. The molecule has 3 heteroatoms. The molecule has 0 aliphatic rings. The van der Waals surface area contributed by atoms with Crippen molar-refractivity contribution in [3.8, 4) is 0 Å². The molecule has 0 saturated carbocycles. The molecule has 0 aliphatic heterocycles. The number of rotatable bonds is 18. The summed E-state index contributed by atoms with van der Waals surface area (Å²) in [5.74, 6) is -0.712. The lowest BCUT2D eigenvalue weighted by Gasteiger charge is -2.04. The van der Waals surface area contributed by atoms with E-state index in [1.165, 1.54) is 77.0 Å². The normalized spacial score (nSPS) is 10.8. The van der Waals surface area contributed by atoms with Crippen LogP contribution in [0, 0.1) is 6.92 Å². The van der Waals surface area contributed by atoms with E-state index in [-0.39, 0.29) is 5.78 Å². The smallest absolute Gasteiger partial charge is 0.287 e. The molecule has 0 saturated heterocycles. The second kappa shape index (κ2) is 18.5. The Hall–Kier alpha value is -0.860. The van der Waals surface area contributed by atoms with E-state index in [0.717, 1.165) is 12.8 Å². The average Bonchev–Trinajstić information content (AvgIpc) is 2.59. The number of hydrogen-bond donors (Lipinski definition) is 1. The van der Waals surface area contributed by atoms with E-state index in [1.54, 1.807) is 0 Å². The second-order valence-electron chi connectivity index (χ2n) is 6.88. The maximum absolute atomic E-state index is 11.5. The Morgan fingerprint density at radius 2 is 1.12 bits per heavy atom. The number of ketones is 1. The number of hydrogen-bond acceptors (Lipinski definition) is 2. The Labute approximate surface area is 150 Å². The monoisotopic (exact) mass is 338 g/mol. The minimum absolute atomic E-state index is 0.276. The number of nitrogens with one attached hydrogen (secondary N) is 1. The van der Waals surface area contributed by atoms with Crippen LogP contribution in [0.2, 0.25) is 0 Å². The minimum atomic E-state index is -0.437. The zero-order valence-corrected chi connectivity index (χ0v) is 16.0. The van der Waals surface area contributed by atoms with Gasteiger partial charge >= 0.3 is 0 Å². The topological polar surface area (TPSA) is 46.2 Å². The summed E-state index contributed by atoms with van der Waals surface area (Å²) in [4.78, 5) is 22.9. The molecule has 0 heterocycles. The van der Waals surface area contributed by atoms with Crippen LogP contribution < -0.4 is 5.32 Å². The predicted octanol–water partition coefficient (Wildman–Crippen LogP) is 5.77. The highest BCUT2D eigenvalue weighted by atomic mass is 16.2. The molecule has 1 amide bonds. The first-order valence-corrected chi connectivity index (χ1v) is 10.3. The molecular weight excluding hydrogens is 298 g/mol. The summed E-state index contributed by atoms with van der Waals surface area (Å²) in [6, 6.07) is 0. The molecule has 0 aliphatic carbocycles. The highest BCUT2D eigenvalue weighted by molar-refractivity contribution is 6.36. The Morgan fingerprint density at radius 1 is 0.708 bits per heavy atom. The zero-order chi connectivity index (χ0) is 17.9. The third-order valence-corrected chi connectivity index (χ3v) is 4.47. The SMILES string of the molecule is [CH2]CCNC(=O)C(=O)CCCCCCCCCCCCCCCC. The summed E-state index contributed by atoms with van der Waals surface area (Å²) in [6.07, 6.45) is 19.2. The first-order chi connectivity index (χ1) is 11.7. The Balaban J connectivity index is 3.20. The van der Waals surface area contributed by atoms with Crippen LogP contribution in [0.25, 0.3) is 0 Å². The Morgan fingerprint density at radius 3 is 1.54 bits per heavy atom. The van der Waals surface area contributed by atoms with Gasteiger partial charge in [0.05, 0.1) is 0 Å². The summed E-state index contributed by atoms with van der Waals surface area (Å²) >= 11 is 0. The van der Waals surface area contributed by atoms with Gasteiger partial charge in [-0.3, -0.25) is 9.59 Å². The van der Waals surface area contributed by atoms with Crippen molar-refractivity contribution >= 4 is 11.7 Å². The fraction of sp³-hybridized carbons (Fsp3) is 0.857. The summed E-state index contributed by atoms with van der Waals surface area (Å²) in [7, 11) is 0. The van der Waals surface area contributed by atoms with E-state index in [4.69, 9.17) is 0 Å². The molecule has 0 aromatic carbocycles. The van der Waals surface area contributed by atoms with Crippen molar-refractivity contribution in [2.45, 2.75) is 110 Å². The fourth-order valence-electron chi connectivity index (χ4n) is 2.89. The lowest BCUT2D eigenvalue weighted by molar-refractivity contribution is -0.137. The van der Waals surface area contributed by atoms with Crippen LogP contribution in [0.4, 0.5) is 0 Å². The first kappa shape index (κ1) is 23.1. The van der Waals surface area contributed by atoms with Gasteiger partial charge < -0.3 is 5.32 Å². The zero-order valence-electron chi connectivity index (χ0n) is 16.0. The van der Waals surface area contributed by atoms with Crippen molar-refractivity contribution in [1.82, 2.24) is 5.32 Å². The lowest BCUT2D eigenvalue weighted by Crippen LogP contribution is -2.31. The minimum Gasteiger partial charge on any atom is -0.350 e. The van der Waals surface area contributed by atoms with Gasteiger partial charge in [-0.1, -0.05) is 97.3 Å². The third-order valence-electron chi connectivity index (χ3n) is 4.47. The van der Waals surface area contributed by atoms with E-state index in [9.17, 15) is 9.59 Å². The van der Waals surface area contributed by atoms with Crippen molar-refractivity contribution in [3.63, 3.8) is 0 Å². The molecule has 1 radical (unpaired) electrons. The van der Waals surface area contributed by atoms with E-state index in [1.807, 2.05) is 0 Å². The second-order valence-corrected chi connectivity index (χ2v) is 6.88. The van der Waals surface area contributed by atoms with Gasteiger partial charge in [-0.2, -0.15) is 0 Å². The van der Waals surface area contributed by atoms with Gasteiger partial charge in [0.15, 0.2) is 0 Å². The first-order valence-electron chi connectivity index (χ1n) is 10.3. The van der Waals surface area contributed by atoms with E-state index in [0.29, 0.717) is 19.4 Å². The molecule has 141 valence electrons. The Kier molecular flexibility index (Phi) is 17.8. The van der Waals surface area contributed by atoms with Gasteiger partial charge in [0, 0.05) is 13.0 Å². The summed E-state index contributed by atoms with van der Waals surface area (Å²) in [5.41, 5.74) is 0. The molecule has 0 rings (SSSR count). The molecule has 0 spiro atoms. The standard InChI is InChI=1S/C21H40NO2/c1-3-5-6-7-8-9-10-11-12-13-14-15-16-17-18-20(23)21(24)22-19-4-2/h2-19H2,1H3,(H,22,24). The molecule has 0 atom stereocenters. The number of unbranched alkanes of at least 4 members (excludes halogenated alkanes) is 13. The number of carbonyl (C=O) groups excluding carboxylic acids is 2. The average molecular weight is 339 g/mol. The summed E-state index contributed by atoms with van der Waals surface area (Å²) in [5, 5.41) is 2.58. The summed E-state index contributed by atoms with van der Waals surface area (Å²) in [6.45, 7) is 6.39. The largest absolute Gasteiger partial charge is 0.350 e. The molecule has 0 fully saturated rings. The number of carbonyl (C=O) groups is 2. The molecule has 0 aromatic rings.